The van der Waals surface area contributed by atoms with Crippen LogP contribution in [-0.4, -0.2) is 28.0 Å². The van der Waals surface area contributed by atoms with Crippen LogP contribution in [0.25, 0.3) is 0 Å². The Bertz CT molecular complexity index is 392. The van der Waals surface area contributed by atoms with Gasteiger partial charge in [0.1, 0.15) is 5.82 Å². The Morgan fingerprint density at radius 2 is 1.83 bits per heavy atom. The Morgan fingerprint density at radius 1 is 1.17 bits per heavy atom. The molecule has 0 saturated heterocycles. The Balaban J connectivity index is 2.93. The first-order valence-corrected chi connectivity index (χ1v) is 6.18. The van der Waals surface area contributed by atoms with Gasteiger partial charge in [-0.1, -0.05) is 25.5 Å². The number of aryl methyl sites for hydroxylation is 1. The van der Waals surface area contributed by atoms with Gasteiger partial charge in [0.25, 0.3) is 0 Å². The lowest BCUT2D eigenvalue weighted by Gasteiger charge is -2.19. The van der Waals surface area contributed by atoms with Crippen molar-refractivity contribution in [2.75, 3.05) is 23.7 Å². The van der Waals surface area contributed by atoms with Crippen molar-refractivity contribution in [3.63, 3.8) is 0 Å². The van der Waals surface area contributed by atoms with Gasteiger partial charge in [-0.25, -0.2) is 0 Å². The van der Waals surface area contributed by atoms with E-state index in [0.717, 1.165) is 25.1 Å². The van der Waals surface area contributed by atoms with Gasteiger partial charge in [-0.3, -0.25) is 0 Å². The average Bonchev–Trinajstić information content (AvgIpc) is 2.35. The number of hydrogen-bond acceptors (Lipinski definition) is 5. The van der Waals surface area contributed by atoms with E-state index in [1.54, 1.807) is 12.2 Å². The van der Waals surface area contributed by atoms with Crippen LogP contribution < -0.4 is 10.6 Å². The fourth-order valence-corrected chi connectivity index (χ4v) is 1.56. The molecule has 0 amide bonds. The van der Waals surface area contributed by atoms with E-state index in [4.69, 9.17) is 5.73 Å². The quantitative estimate of drug-likeness (QED) is 0.711. The van der Waals surface area contributed by atoms with Gasteiger partial charge >= 0.3 is 0 Å². The third-order valence-electron chi connectivity index (χ3n) is 2.42. The predicted molar refractivity (Wildman–Crippen MR) is 75.5 cm³/mol. The first-order valence-electron chi connectivity index (χ1n) is 6.18. The van der Waals surface area contributed by atoms with Gasteiger partial charge in [0.05, 0.1) is 0 Å². The summed E-state index contributed by atoms with van der Waals surface area (Å²) in [5.41, 5.74) is 5.72. The van der Waals surface area contributed by atoms with E-state index < -0.39 is 0 Å². The normalized spacial score (nSPS) is 10.1. The molecule has 18 heavy (non-hydrogen) atoms. The molecule has 0 saturated carbocycles. The molecule has 5 heteroatoms. The average molecular weight is 247 g/mol. The summed E-state index contributed by atoms with van der Waals surface area (Å²) in [7, 11) is 0. The monoisotopic (exact) mass is 247 g/mol. The number of aromatic nitrogens is 3. The summed E-state index contributed by atoms with van der Waals surface area (Å²) in [6, 6.07) is 0. The van der Waals surface area contributed by atoms with E-state index >= 15 is 0 Å². The Kier molecular flexibility index (Phi) is 5.84. The number of rotatable bonds is 8. The minimum Gasteiger partial charge on any atom is -0.368 e. The summed E-state index contributed by atoms with van der Waals surface area (Å²) >= 11 is 0. The van der Waals surface area contributed by atoms with Crippen molar-refractivity contribution >= 4 is 11.9 Å². The van der Waals surface area contributed by atoms with E-state index in [2.05, 4.69) is 35.0 Å². The molecule has 2 N–H and O–H groups in total. The van der Waals surface area contributed by atoms with Gasteiger partial charge < -0.3 is 10.6 Å². The van der Waals surface area contributed by atoms with Crippen LogP contribution in [0.15, 0.2) is 25.3 Å². The van der Waals surface area contributed by atoms with Gasteiger partial charge in [0, 0.05) is 19.5 Å². The zero-order valence-corrected chi connectivity index (χ0v) is 11.0. The highest BCUT2D eigenvalue weighted by atomic mass is 15.3. The van der Waals surface area contributed by atoms with Crippen LogP contribution in [0.3, 0.4) is 0 Å². The first-order chi connectivity index (χ1) is 8.71. The smallest absolute Gasteiger partial charge is 0.230 e. The number of nitrogens with zero attached hydrogens (tertiary/aromatic N) is 4. The van der Waals surface area contributed by atoms with Crippen LogP contribution in [0.5, 0.6) is 0 Å². The van der Waals surface area contributed by atoms with Crippen molar-refractivity contribution in [3.05, 3.63) is 31.1 Å². The fourth-order valence-electron chi connectivity index (χ4n) is 1.56. The number of nitrogen functional groups attached to an aromatic ring is 1. The third-order valence-corrected chi connectivity index (χ3v) is 2.42. The number of nitrogens with two attached hydrogens (primary N) is 1. The van der Waals surface area contributed by atoms with Crippen LogP contribution in [0.1, 0.15) is 25.6 Å². The SMILES string of the molecule is C=CCN(CC=C)c1nc(N)nc(CCCC)n1. The second-order valence-corrected chi connectivity index (χ2v) is 4.00. The largest absolute Gasteiger partial charge is 0.368 e. The highest BCUT2D eigenvalue weighted by Gasteiger charge is 2.10. The van der Waals surface area contributed by atoms with E-state index in [9.17, 15) is 0 Å². The predicted octanol–water partition coefficient (Wildman–Crippen LogP) is 1.97. The summed E-state index contributed by atoms with van der Waals surface area (Å²) in [5.74, 6) is 1.61. The molecule has 0 aliphatic carbocycles. The molecule has 1 aromatic rings. The maximum atomic E-state index is 5.72. The molecule has 0 bridgehead atoms. The summed E-state index contributed by atoms with van der Waals surface area (Å²) in [4.78, 5) is 14.7. The minimum absolute atomic E-state index is 0.268. The maximum Gasteiger partial charge on any atom is 0.230 e. The second kappa shape index (κ2) is 7.42. The lowest BCUT2D eigenvalue weighted by molar-refractivity contribution is 0.739. The molecule has 0 unspecified atom stereocenters. The molecule has 0 aliphatic heterocycles. The molecule has 0 atom stereocenters. The zero-order chi connectivity index (χ0) is 13.4. The third kappa shape index (κ3) is 4.16. The van der Waals surface area contributed by atoms with Gasteiger partial charge in [0.15, 0.2) is 0 Å². The molecule has 0 radical (unpaired) electrons. The molecule has 5 nitrogen and oxygen atoms in total. The summed E-state index contributed by atoms with van der Waals surface area (Å²) in [5, 5.41) is 0. The Morgan fingerprint density at radius 3 is 2.39 bits per heavy atom. The van der Waals surface area contributed by atoms with E-state index in [-0.39, 0.29) is 5.95 Å². The van der Waals surface area contributed by atoms with Crippen LogP contribution >= 0.6 is 0 Å². The number of hydrogen-bond donors (Lipinski definition) is 1. The lowest BCUT2D eigenvalue weighted by atomic mass is 10.2. The van der Waals surface area contributed by atoms with Gasteiger partial charge in [0.2, 0.25) is 11.9 Å². The van der Waals surface area contributed by atoms with Crippen molar-refractivity contribution in [1.82, 2.24) is 15.0 Å². The molecule has 0 aromatic carbocycles. The first kappa shape index (κ1) is 14.2. The highest BCUT2D eigenvalue weighted by molar-refractivity contribution is 5.36. The van der Waals surface area contributed by atoms with Crippen molar-refractivity contribution < 1.29 is 0 Å². The molecular formula is C13H21N5. The lowest BCUT2D eigenvalue weighted by Crippen LogP contribution is -2.26. The molecule has 98 valence electrons. The van der Waals surface area contributed by atoms with Crippen LogP contribution in [-0.2, 0) is 6.42 Å². The molecular weight excluding hydrogens is 226 g/mol. The van der Waals surface area contributed by atoms with Crippen molar-refractivity contribution in [2.24, 2.45) is 0 Å². The zero-order valence-electron chi connectivity index (χ0n) is 11.0. The van der Waals surface area contributed by atoms with Crippen LogP contribution in [0.2, 0.25) is 0 Å². The van der Waals surface area contributed by atoms with Gasteiger partial charge in [-0.15, -0.1) is 13.2 Å². The molecule has 0 fully saturated rings. The number of anilines is 2. The molecule has 1 heterocycles. The minimum atomic E-state index is 0.268. The van der Waals surface area contributed by atoms with E-state index in [1.165, 1.54) is 0 Å². The number of unbranched alkanes of at least 4 members (excludes halogenated alkanes) is 1. The Hall–Kier alpha value is -1.91. The van der Waals surface area contributed by atoms with Crippen LogP contribution in [0.4, 0.5) is 11.9 Å². The van der Waals surface area contributed by atoms with Crippen molar-refractivity contribution in [2.45, 2.75) is 26.2 Å². The van der Waals surface area contributed by atoms with Crippen molar-refractivity contribution in [1.29, 1.82) is 0 Å². The summed E-state index contributed by atoms with van der Waals surface area (Å²) < 4.78 is 0. The molecule has 0 aliphatic rings. The highest BCUT2D eigenvalue weighted by Crippen LogP contribution is 2.10. The van der Waals surface area contributed by atoms with Crippen molar-refractivity contribution in [3.8, 4) is 0 Å². The Labute approximate surface area is 108 Å². The maximum absolute atomic E-state index is 5.72. The summed E-state index contributed by atoms with van der Waals surface area (Å²) in [6.07, 6.45) is 6.58. The van der Waals surface area contributed by atoms with Crippen LogP contribution in [0, 0.1) is 0 Å². The standard InChI is InChI=1S/C13H21N5/c1-4-7-8-11-15-12(14)17-13(16-11)18(9-5-2)10-6-3/h5-6H,2-4,7-10H2,1H3,(H2,14,15,16,17). The molecule has 1 aromatic heterocycles. The van der Waals surface area contributed by atoms with Gasteiger partial charge in [-0.2, -0.15) is 15.0 Å². The fraction of sp³-hybridized carbons (Fsp3) is 0.462. The second-order valence-electron chi connectivity index (χ2n) is 4.00. The summed E-state index contributed by atoms with van der Waals surface area (Å²) in [6.45, 7) is 10.9. The topological polar surface area (TPSA) is 67.9 Å². The van der Waals surface area contributed by atoms with E-state index in [0.29, 0.717) is 19.0 Å². The molecule has 1 rings (SSSR count). The van der Waals surface area contributed by atoms with E-state index in [1.807, 2.05) is 4.90 Å². The van der Waals surface area contributed by atoms with Gasteiger partial charge in [-0.05, 0) is 6.42 Å². The molecule has 0 spiro atoms.